The van der Waals surface area contributed by atoms with Crippen LogP contribution in [0.5, 0.6) is 0 Å². The lowest BCUT2D eigenvalue weighted by Gasteiger charge is -2.00. The van der Waals surface area contributed by atoms with E-state index in [0.717, 1.165) is 0 Å². The minimum Gasteiger partial charge on any atom is -0.392 e. The molecule has 0 aromatic carbocycles. The Bertz CT molecular complexity index is 144. The smallest absolute Gasteiger partial charge is 0.326 e. The highest BCUT2D eigenvalue weighted by molar-refractivity contribution is 14.1. The molecule has 0 N–H and O–H groups in total. The fraction of sp³-hybridized carbons (Fsp3) is 0.600. The Labute approximate surface area is 86.2 Å². The van der Waals surface area contributed by atoms with Crippen LogP contribution in [0.1, 0.15) is 6.92 Å². The summed E-state index contributed by atoms with van der Waals surface area (Å²) in [7, 11) is 0. The molecule has 3 nitrogen and oxygen atoms in total. The van der Waals surface area contributed by atoms with Crippen molar-refractivity contribution in [3.8, 4) is 0 Å². The van der Waals surface area contributed by atoms with E-state index in [-0.39, 0.29) is 8.35 Å². The lowest BCUT2D eigenvalue weighted by molar-refractivity contribution is -0.156. The van der Waals surface area contributed by atoms with Crippen molar-refractivity contribution < 1.29 is 14.3 Å². The Kier molecular flexibility index (Phi) is 5.59. The van der Waals surface area contributed by atoms with E-state index >= 15 is 0 Å². The first-order valence-electron chi connectivity index (χ1n) is 2.52. The number of halogens is 2. The third-order valence-corrected chi connectivity index (χ3v) is 1.78. The average Bonchev–Trinajstić information content (AvgIpc) is 1.87. The zero-order chi connectivity index (χ0) is 8.15. The second-order valence-electron chi connectivity index (χ2n) is 1.54. The molecule has 58 valence electrons. The zero-order valence-corrected chi connectivity index (χ0v) is 9.58. The van der Waals surface area contributed by atoms with Gasteiger partial charge in [-0.05, 0) is 6.92 Å². The molecule has 0 bridgehead atoms. The first-order chi connectivity index (χ1) is 4.57. The van der Waals surface area contributed by atoms with Gasteiger partial charge in [0.05, 0.1) is 4.43 Å². The molecule has 0 saturated carbocycles. The van der Waals surface area contributed by atoms with E-state index in [9.17, 15) is 9.59 Å². The van der Waals surface area contributed by atoms with Crippen molar-refractivity contribution in [2.45, 2.75) is 10.8 Å². The van der Waals surface area contributed by atoms with E-state index < -0.39 is 11.9 Å². The first-order valence-corrected chi connectivity index (χ1v) is 5.29. The molecule has 0 aromatic rings. The van der Waals surface area contributed by atoms with Crippen LogP contribution in [0, 0.1) is 0 Å². The lowest BCUT2D eigenvalue weighted by atomic mass is 10.5. The van der Waals surface area contributed by atoms with Gasteiger partial charge in [-0.1, -0.05) is 45.2 Å². The molecule has 0 spiro atoms. The van der Waals surface area contributed by atoms with Gasteiger partial charge in [-0.15, -0.1) is 0 Å². The Hall–Kier alpha value is 0.600. The Morgan fingerprint density at radius 3 is 2.40 bits per heavy atom. The molecule has 1 unspecified atom stereocenters. The zero-order valence-electron chi connectivity index (χ0n) is 5.27. The summed E-state index contributed by atoms with van der Waals surface area (Å²) < 4.78 is 4.32. The summed E-state index contributed by atoms with van der Waals surface area (Å²) in [6.45, 7) is 1.67. The minimum absolute atomic E-state index is 0.215. The van der Waals surface area contributed by atoms with E-state index in [1.165, 1.54) is 0 Å². The molecule has 0 radical (unpaired) electrons. The molecule has 10 heavy (non-hydrogen) atoms. The quantitative estimate of drug-likeness (QED) is 0.320. The molecule has 0 aliphatic heterocycles. The predicted molar refractivity (Wildman–Crippen MR) is 53.5 cm³/mol. The molecular weight excluding hydrogens is 362 g/mol. The number of alkyl halides is 2. The van der Waals surface area contributed by atoms with Gasteiger partial charge in [0, 0.05) is 0 Å². The van der Waals surface area contributed by atoms with Gasteiger partial charge in [0.2, 0.25) is 0 Å². The van der Waals surface area contributed by atoms with Gasteiger partial charge in [-0.2, -0.15) is 0 Å². The molecular formula is C5H6I2O3. The largest absolute Gasteiger partial charge is 0.392 e. The summed E-state index contributed by atoms with van der Waals surface area (Å²) in [4.78, 5) is 21.1. The second-order valence-corrected chi connectivity index (χ2v) is 4.17. The van der Waals surface area contributed by atoms with Crippen LogP contribution in [-0.4, -0.2) is 20.3 Å². The molecule has 0 aliphatic rings. The van der Waals surface area contributed by atoms with Gasteiger partial charge in [-0.25, -0.2) is 0 Å². The lowest BCUT2D eigenvalue weighted by Crippen LogP contribution is -2.19. The van der Waals surface area contributed by atoms with E-state index in [1.807, 2.05) is 45.2 Å². The van der Waals surface area contributed by atoms with Crippen LogP contribution in [0.25, 0.3) is 0 Å². The van der Waals surface area contributed by atoms with E-state index in [1.54, 1.807) is 6.92 Å². The Morgan fingerprint density at radius 2 is 2.10 bits per heavy atom. The monoisotopic (exact) mass is 368 g/mol. The maximum Gasteiger partial charge on any atom is 0.326 e. The Balaban J connectivity index is 3.69. The van der Waals surface area contributed by atoms with Gasteiger partial charge in [0.25, 0.3) is 0 Å². The predicted octanol–water partition coefficient (Wildman–Crippen LogP) is 1.31. The van der Waals surface area contributed by atoms with Crippen molar-refractivity contribution in [2.75, 3.05) is 4.43 Å². The summed E-state index contributed by atoms with van der Waals surface area (Å²) in [6.07, 6.45) is 0. The molecule has 0 fully saturated rings. The van der Waals surface area contributed by atoms with E-state index in [0.29, 0.717) is 0 Å². The standard InChI is InChI=1S/C5H6I2O3/c1-3(7)5(9)10-4(8)2-6/h3H,2H2,1H3. The minimum atomic E-state index is -0.478. The first kappa shape index (κ1) is 10.6. The number of ether oxygens (including phenoxy) is 1. The number of hydrogen-bond acceptors (Lipinski definition) is 3. The number of hydrogen-bond donors (Lipinski definition) is 0. The summed E-state index contributed by atoms with van der Waals surface area (Å²) in [6, 6.07) is 0. The van der Waals surface area contributed by atoms with Crippen molar-refractivity contribution >= 4 is 57.1 Å². The number of esters is 2. The van der Waals surface area contributed by atoms with Gasteiger partial charge >= 0.3 is 11.9 Å². The van der Waals surface area contributed by atoms with Crippen LogP contribution in [0.4, 0.5) is 0 Å². The van der Waals surface area contributed by atoms with Gasteiger partial charge < -0.3 is 4.74 Å². The normalized spacial score (nSPS) is 12.3. The summed E-state index contributed by atoms with van der Waals surface area (Å²) >= 11 is 3.73. The molecule has 0 aromatic heterocycles. The average molecular weight is 368 g/mol. The number of rotatable bonds is 2. The maximum absolute atomic E-state index is 10.7. The molecule has 1 atom stereocenters. The molecule has 0 saturated heterocycles. The molecule has 0 heterocycles. The van der Waals surface area contributed by atoms with Crippen molar-refractivity contribution in [2.24, 2.45) is 0 Å². The highest BCUT2D eigenvalue weighted by Gasteiger charge is 2.13. The van der Waals surface area contributed by atoms with Crippen LogP contribution in [0.15, 0.2) is 0 Å². The Morgan fingerprint density at radius 1 is 1.60 bits per heavy atom. The molecule has 0 rings (SSSR count). The number of carbonyl (C=O) groups excluding carboxylic acids is 2. The fourth-order valence-corrected chi connectivity index (χ4v) is 0.504. The SMILES string of the molecule is CC(I)C(=O)OC(=O)CI. The van der Waals surface area contributed by atoms with Gasteiger partial charge in [0.15, 0.2) is 0 Å². The summed E-state index contributed by atoms with van der Waals surface area (Å²) in [5.74, 6) is -0.948. The van der Waals surface area contributed by atoms with E-state index in [2.05, 4.69) is 4.74 Å². The van der Waals surface area contributed by atoms with Crippen LogP contribution in [0.3, 0.4) is 0 Å². The topological polar surface area (TPSA) is 43.4 Å². The van der Waals surface area contributed by atoms with Crippen LogP contribution in [0.2, 0.25) is 0 Å². The highest BCUT2D eigenvalue weighted by atomic mass is 127. The third kappa shape index (κ3) is 4.42. The molecule has 5 heteroatoms. The molecule has 0 aliphatic carbocycles. The fourth-order valence-electron chi connectivity index (χ4n) is 0.221. The van der Waals surface area contributed by atoms with Crippen LogP contribution >= 0.6 is 45.2 Å². The molecule has 0 amide bonds. The van der Waals surface area contributed by atoms with Crippen molar-refractivity contribution in [3.05, 3.63) is 0 Å². The van der Waals surface area contributed by atoms with Crippen molar-refractivity contribution in [3.63, 3.8) is 0 Å². The van der Waals surface area contributed by atoms with Crippen LogP contribution < -0.4 is 0 Å². The van der Waals surface area contributed by atoms with Crippen molar-refractivity contribution in [1.82, 2.24) is 0 Å². The van der Waals surface area contributed by atoms with Crippen LogP contribution in [-0.2, 0) is 14.3 Å². The van der Waals surface area contributed by atoms with Gasteiger partial charge in [0.1, 0.15) is 3.92 Å². The van der Waals surface area contributed by atoms with Crippen molar-refractivity contribution in [1.29, 1.82) is 0 Å². The summed E-state index contributed by atoms with van der Waals surface area (Å²) in [5, 5.41) is 0. The van der Waals surface area contributed by atoms with E-state index in [4.69, 9.17) is 0 Å². The summed E-state index contributed by atoms with van der Waals surface area (Å²) in [5.41, 5.74) is 0. The number of carbonyl (C=O) groups is 2. The van der Waals surface area contributed by atoms with Gasteiger partial charge in [-0.3, -0.25) is 9.59 Å². The third-order valence-electron chi connectivity index (χ3n) is 0.648. The highest BCUT2D eigenvalue weighted by Crippen LogP contribution is 2.01. The second kappa shape index (κ2) is 5.28. The maximum atomic E-state index is 10.7.